The first-order valence-corrected chi connectivity index (χ1v) is 8.87. The summed E-state index contributed by atoms with van der Waals surface area (Å²) in [5.74, 6) is 1.15. The maximum Gasteiger partial charge on any atom is 0.242 e. The van der Waals surface area contributed by atoms with Gasteiger partial charge in [-0.05, 0) is 6.42 Å². The largest absolute Gasteiger partial charge is 0.357 e. The zero-order valence-corrected chi connectivity index (χ0v) is 15.2. The van der Waals surface area contributed by atoms with E-state index in [1.165, 1.54) is 16.2 Å². The number of carbonyl (C=O) groups excluding carboxylic acids is 1. The van der Waals surface area contributed by atoms with Gasteiger partial charge in [-0.3, -0.25) is 4.79 Å². The second kappa shape index (κ2) is 6.46. The lowest BCUT2D eigenvalue weighted by Crippen LogP contribution is -2.64. The van der Waals surface area contributed by atoms with E-state index in [1.54, 1.807) is 12.4 Å². The van der Waals surface area contributed by atoms with E-state index < -0.39 is 0 Å². The molecule has 1 saturated carbocycles. The minimum atomic E-state index is -0.0539. The summed E-state index contributed by atoms with van der Waals surface area (Å²) >= 11 is 1.40. The monoisotopic (exact) mass is 349 g/mol. The average Bonchev–Trinajstić information content (AvgIpc) is 3.17. The van der Waals surface area contributed by atoms with Crippen LogP contribution in [0.4, 0.5) is 5.13 Å². The minimum absolute atomic E-state index is 0.0463. The normalized spacial score (nSPS) is 22.2. The van der Waals surface area contributed by atoms with E-state index in [0.717, 1.165) is 17.4 Å². The van der Waals surface area contributed by atoms with Crippen LogP contribution in [-0.4, -0.2) is 42.3 Å². The summed E-state index contributed by atoms with van der Waals surface area (Å²) in [7, 11) is 0. The Balaban J connectivity index is 1.53. The van der Waals surface area contributed by atoms with Crippen molar-refractivity contribution < 1.29 is 4.79 Å². The van der Waals surface area contributed by atoms with Crippen molar-refractivity contribution in [1.29, 1.82) is 0 Å². The molecule has 2 atom stereocenters. The molecule has 0 bridgehead atoms. The summed E-state index contributed by atoms with van der Waals surface area (Å²) in [6.45, 7) is 8.66. The van der Waals surface area contributed by atoms with Crippen LogP contribution in [0.5, 0.6) is 0 Å². The van der Waals surface area contributed by atoms with E-state index in [1.807, 2.05) is 0 Å². The van der Waals surface area contributed by atoms with Crippen LogP contribution in [0.1, 0.15) is 45.9 Å². The quantitative estimate of drug-likeness (QED) is 0.823. The highest BCUT2D eigenvalue weighted by Crippen LogP contribution is 2.42. The molecule has 2 aromatic rings. The summed E-state index contributed by atoms with van der Waals surface area (Å²) in [5.41, 5.74) is -0.0539. The fourth-order valence-electron chi connectivity index (χ4n) is 2.80. The van der Waals surface area contributed by atoms with Crippen molar-refractivity contribution in [3.63, 3.8) is 0 Å². The second-order valence-electron chi connectivity index (χ2n) is 7.09. The molecule has 2 unspecified atom stereocenters. The van der Waals surface area contributed by atoms with Gasteiger partial charge in [0.15, 0.2) is 0 Å². The number of aromatic nitrogens is 5. The molecule has 1 amide bonds. The Labute approximate surface area is 145 Å². The minimum Gasteiger partial charge on any atom is -0.357 e. The molecule has 0 spiro atoms. The maximum atomic E-state index is 12.1. The predicted molar refractivity (Wildman–Crippen MR) is 91.8 cm³/mol. The van der Waals surface area contributed by atoms with Crippen molar-refractivity contribution >= 4 is 22.6 Å². The lowest BCUT2D eigenvalue weighted by atomic mass is 9.63. The third-order valence-electron chi connectivity index (χ3n) is 4.64. The SMILES string of the molecule is CC(C)c1nsc(NC2CC(NC(=O)Cn3ccnn3)C2(C)C)n1. The lowest BCUT2D eigenvalue weighted by Gasteiger charge is -2.52. The predicted octanol–water partition coefficient (Wildman–Crippen LogP) is 1.65. The number of hydrogen-bond donors (Lipinski definition) is 2. The molecular formula is C15H23N7OS. The van der Waals surface area contributed by atoms with Gasteiger partial charge < -0.3 is 10.6 Å². The van der Waals surface area contributed by atoms with Gasteiger partial charge in [0, 0.05) is 41.1 Å². The second-order valence-corrected chi connectivity index (χ2v) is 7.84. The van der Waals surface area contributed by atoms with Crippen LogP contribution in [0.15, 0.2) is 12.4 Å². The first kappa shape index (κ1) is 16.8. The molecule has 2 aromatic heterocycles. The number of amides is 1. The highest BCUT2D eigenvalue weighted by atomic mass is 32.1. The van der Waals surface area contributed by atoms with Crippen LogP contribution in [0, 0.1) is 5.41 Å². The fourth-order valence-corrected chi connectivity index (χ4v) is 3.56. The van der Waals surface area contributed by atoms with Crippen LogP contribution < -0.4 is 10.6 Å². The van der Waals surface area contributed by atoms with Gasteiger partial charge in [-0.25, -0.2) is 9.67 Å². The fraction of sp³-hybridized carbons (Fsp3) is 0.667. The smallest absolute Gasteiger partial charge is 0.242 e. The number of nitrogens with one attached hydrogen (secondary N) is 2. The molecular weight excluding hydrogens is 326 g/mol. The van der Waals surface area contributed by atoms with Gasteiger partial charge >= 0.3 is 0 Å². The Morgan fingerprint density at radius 2 is 2.25 bits per heavy atom. The van der Waals surface area contributed by atoms with Gasteiger partial charge in [-0.1, -0.05) is 32.9 Å². The van der Waals surface area contributed by atoms with Crippen molar-refractivity contribution in [3.8, 4) is 0 Å². The van der Waals surface area contributed by atoms with E-state index in [-0.39, 0.29) is 30.0 Å². The van der Waals surface area contributed by atoms with Gasteiger partial charge in [-0.2, -0.15) is 4.37 Å². The number of carbonyl (C=O) groups is 1. The summed E-state index contributed by atoms with van der Waals surface area (Å²) in [6.07, 6.45) is 4.11. The van der Waals surface area contributed by atoms with Gasteiger partial charge in [0.1, 0.15) is 12.4 Å². The van der Waals surface area contributed by atoms with Crippen LogP contribution in [0.2, 0.25) is 0 Å². The molecule has 3 rings (SSSR count). The molecule has 0 aromatic carbocycles. The Morgan fingerprint density at radius 3 is 2.83 bits per heavy atom. The van der Waals surface area contributed by atoms with E-state index in [2.05, 4.69) is 58.0 Å². The zero-order chi connectivity index (χ0) is 17.3. The molecule has 0 aliphatic heterocycles. The molecule has 130 valence electrons. The van der Waals surface area contributed by atoms with Gasteiger partial charge in [-0.15, -0.1) is 5.10 Å². The first-order chi connectivity index (χ1) is 11.4. The van der Waals surface area contributed by atoms with Crippen molar-refractivity contribution in [2.24, 2.45) is 5.41 Å². The summed E-state index contributed by atoms with van der Waals surface area (Å²) < 4.78 is 5.89. The highest BCUT2D eigenvalue weighted by Gasteiger charge is 2.49. The molecule has 2 heterocycles. The van der Waals surface area contributed by atoms with Crippen molar-refractivity contribution in [2.75, 3.05) is 5.32 Å². The van der Waals surface area contributed by atoms with Crippen LogP contribution >= 0.6 is 11.5 Å². The van der Waals surface area contributed by atoms with Crippen molar-refractivity contribution in [3.05, 3.63) is 18.2 Å². The Kier molecular flexibility index (Phi) is 4.53. The molecule has 1 fully saturated rings. The van der Waals surface area contributed by atoms with Crippen LogP contribution in [0.25, 0.3) is 0 Å². The summed E-state index contributed by atoms with van der Waals surface area (Å²) in [5, 5.41) is 14.9. The molecule has 2 N–H and O–H groups in total. The molecule has 8 nitrogen and oxygen atoms in total. The van der Waals surface area contributed by atoms with Crippen LogP contribution in [0.3, 0.4) is 0 Å². The molecule has 0 radical (unpaired) electrons. The third kappa shape index (κ3) is 3.40. The van der Waals surface area contributed by atoms with Gasteiger partial charge in [0.2, 0.25) is 11.0 Å². The zero-order valence-electron chi connectivity index (χ0n) is 14.4. The Hall–Kier alpha value is -2.03. The molecule has 24 heavy (non-hydrogen) atoms. The van der Waals surface area contributed by atoms with E-state index in [0.29, 0.717) is 5.92 Å². The first-order valence-electron chi connectivity index (χ1n) is 8.10. The molecule has 1 aliphatic carbocycles. The topological polar surface area (TPSA) is 97.6 Å². The highest BCUT2D eigenvalue weighted by molar-refractivity contribution is 7.09. The number of hydrogen-bond acceptors (Lipinski definition) is 7. The Morgan fingerprint density at radius 1 is 1.46 bits per heavy atom. The average molecular weight is 349 g/mol. The van der Waals surface area contributed by atoms with Crippen molar-refractivity contribution in [2.45, 2.75) is 58.7 Å². The number of anilines is 1. The third-order valence-corrected chi connectivity index (χ3v) is 5.30. The Bertz CT molecular complexity index is 695. The molecule has 9 heteroatoms. The van der Waals surface area contributed by atoms with E-state index >= 15 is 0 Å². The van der Waals surface area contributed by atoms with E-state index in [4.69, 9.17) is 0 Å². The number of nitrogens with zero attached hydrogens (tertiary/aromatic N) is 5. The summed E-state index contributed by atoms with van der Waals surface area (Å²) in [4.78, 5) is 16.6. The standard InChI is InChI=1S/C15H23N7OS/c1-9(2)13-19-14(24-20-13)18-11-7-10(15(11,3)4)17-12(23)8-22-6-5-16-21-22/h5-6,9-11H,7-8H2,1-4H3,(H,17,23)(H,18,19,20). The molecule has 0 saturated heterocycles. The van der Waals surface area contributed by atoms with Crippen molar-refractivity contribution in [1.82, 2.24) is 29.7 Å². The van der Waals surface area contributed by atoms with Gasteiger partial charge in [0.05, 0.1) is 6.20 Å². The van der Waals surface area contributed by atoms with Crippen LogP contribution in [-0.2, 0) is 11.3 Å². The summed E-state index contributed by atoms with van der Waals surface area (Å²) in [6, 6.07) is 0.394. The molecule has 1 aliphatic rings. The number of rotatable bonds is 6. The maximum absolute atomic E-state index is 12.1. The van der Waals surface area contributed by atoms with Gasteiger partial charge in [0.25, 0.3) is 0 Å². The van der Waals surface area contributed by atoms with E-state index in [9.17, 15) is 4.79 Å². The lowest BCUT2D eigenvalue weighted by molar-refractivity contribution is -0.125.